The molecule has 1 N–H and O–H groups in total. The molecular formula is C19H22FNO3S. The first-order valence-corrected chi connectivity index (χ1v) is 9.86. The molecule has 4 nitrogen and oxygen atoms in total. The van der Waals surface area contributed by atoms with Crippen LogP contribution in [0.5, 0.6) is 0 Å². The molecule has 1 aliphatic rings. The summed E-state index contributed by atoms with van der Waals surface area (Å²) in [5.41, 5.74) is 2.95. The van der Waals surface area contributed by atoms with Gasteiger partial charge in [0.05, 0.1) is 24.5 Å². The van der Waals surface area contributed by atoms with E-state index in [1.54, 1.807) is 26.0 Å². The fraction of sp³-hybridized carbons (Fsp3) is 0.368. The summed E-state index contributed by atoms with van der Waals surface area (Å²) in [6.07, 6.45) is 0. The molecule has 0 radical (unpaired) electrons. The molecule has 0 saturated carbocycles. The maximum Gasteiger partial charge on any atom is 0.214 e. The molecule has 1 saturated heterocycles. The van der Waals surface area contributed by atoms with Crippen LogP contribution < -0.4 is 4.72 Å². The molecule has 0 aliphatic carbocycles. The molecule has 2 atom stereocenters. The fourth-order valence-electron chi connectivity index (χ4n) is 2.91. The predicted molar refractivity (Wildman–Crippen MR) is 96.4 cm³/mol. The highest BCUT2D eigenvalue weighted by atomic mass is 32.2. The van der Waals surface area contributed by atoms with E-state index in [1.807, 2.05) is 24.3 Å². The Morgan fingerprint density at radius 3 is 2.12 bits per heavy atom. The first-order chi connectivity index (χ1) is 11.9. The minimum atomic E-state index is -3.34. The number of ether oxygens (including phenoxy) is 1. The van der Waals surface area contributed by atoms with E-state index in [4.69, 9.17) is 4.74 Å². The fourth-order valence-corrected chi connectivity index (χ4v) is 3.84. The van der Waals surface area contributed by atoms with Crippen molar-refractivity contribution in [2.75, 3.05) is 13.2 Å². The van der Waals surface area contributed by atoms with Crippen LogP contribution in [-0.4, -0.2) is 32.9 Å². The molecule has 3 rings (SSSR count). The first-order valence-electron chi connectivity index (χ1n) is 8.31. The quantitative estimate of drug-likeness (QED) is 0.887. The Morgan fingerprint density at radius 1 is 1.00 bits per heavy atom. The molecule has 2 aromatic carbocycles. The lowest BCUT2D eigenvalue weighted by Crippen LogP contribution is -2.42. The molecule has 134 valence electrons. The van der Waals surface area contributed by atoms with E-state index in [-0.39, 0.29) is 17.8 Å². The summed E-state index contributed by atoms with van der Waals surface area (Å²) in [4.78, 5) is 0. The zero-order valence-corrected chi connectivity index (χ0v) is 15.1. The van der Waals surface area contributed by atoms with Gasteiger partial charge in [0.1, 0.15) is 5.82 Å². The lowest BCUT2D eigenvalue weighted by atomic mass is 9.93. The Hall–Kier alpha value is -1.76. The molecule has 1 fully saturated rings. The Kier molecular flexibility index (Phi) is 5.22. The Morgan fingerprint density at radius 2 is 1.56 bits per heavy atom. The summed E-state index contributed by atoms with van der Waals surface area (Å²) in [7, 11) is -3.34. The molecule has 0 aromatic heterocycles. The molecule has 0 unspecified atom stereocenters. The molecule has 0 bridgehead atoms. The summed E-state index contributed by atoms with van der Waals surface area (Å²) in [5, 5.41) is -0.477. The summed E-state index contributed by atoms with van der Waals surface area (Å²) >= 11 is 0. The first kappa shape index (κ1) is 18.0. The van der Waals surface area contributed by atoms with Crippen molar-refractivity contribution in [3.63, 3.8) is 0 Å². The van der Waals surface area contributed by atoms with Gasteiger partial charge in [-0.05, 0) is 42.7 Å². The maximum atomic E-state index is 13.0. The normalized spacial score (nSPS) is 21.0. The lowest BCUT2D eigenvalue weighted by Gasteiger charge is -2.21. The van der Waals surface area contributed by atoms with Gasteiger partial charge in [-0.25, -0.2) is 17.5 Å². The van der Waals surface area contributed by atoms with Crippen molar-refractivity contribution in [2.45, 2.75) is 31.1 Å². The van der Waals surface area contributed by atoms with Gasteiger partial charge in [0, 0.05) is 5.92 Å². The number of nitrogens with one attached hydrogen (secondary N) is 1. The molecule has 0 spiro atoms. The van der Waals surface area contributed by atoms with E-state index in [0.717, 1.165) is 16.7 Å². The average molecular weight is 363 g/mol. The second-order valence-corrected chi connectivity index (χ2v) is 8.86. The monoisotopic (exact) mass is 363 g/mol. The van der Waals surface area contributed by atoms with Crippen LogP contribution >= 0.6 is 0 Å². The van der Waals surface area contributed by atoms with Gasteiger partial charge in [-0.15, -0.1) is 0 Å². The van der Waals surface area contributed by atoms with Gasteiger partial charge in [0.2, 0.25) is 10.0 Å². The number of halogens is 1. The standard InChI is InChI=1S/C19H22FNO3S/c1-13(2)25(22,23)21-19-12-24-11-18(19)16-5-3-14(4-6-16)15-7-9-17(20)10-8-15/h3-10,13,18-19,21H,11-12H2,1-2H3/t18-,19-/m1/s1. The number of hydrogen-bond donors (Lipinski definition) is 1. The van der Waals surface area contributed by atoms with Crippen LogP contribution in [0.2, 0.25) is 0 Å². The van der Waals surface area contributed by atoms with Crippen molar-refractivity contribution < 1.29 is 17.5 Å². The number of benzene rings is 2. The van der Waals surface area contributed by atoms with Gasteiger partial charge in [-0.3, -0.25) is 0 Å². The highest BCUT2D eigenvalue weighted by Gasteiger charge is 2.33. The SMILES string of the molecule is CC(C)S(=O)(=O)N[C@@H]1COC[C@@H]1c1ccc(-c2ccc(F)cc2)cc1. The van der Waals surface area contributed by atoms with Crippen LogP contribution in [0, 0.1) is 5.82 Å². The van der Waals surface area contributed by atoms with Crippen molar-refractivity contribution >= 4 is 10.0 Å². The van der Waals surface area contributed by atoms with Gasteiger partial charge >= 0.3 is 0 Å². The third-order valence-corrected chi connectivity index (χ3v) is 6.41. The Bertz CT molecular complexity index is 817. The molecule has 0 amide bonds. The van der Waals surface area contributed by atoms with E-state index < -0.39 is 15.3 Å². The number of rotatable bonds is 5. The van der Waals surface area contributed by atoms with E-state index >= 15 is 0 Å². The topological polar surface area (TPSA) is 55.4 Å². The average Bonchev–Trinajstić information content (AvgIpc) is 3.03. The number of hydrogen-bond acceptors (Lipinski definition) is 3. The Labute approximate surface area is 148 Å². The van der Waals surface area contributed by atoms with Crippen LogP contribution in [0.25, 0.3) is 11.1 Å². The van der Waals surface area contributed by atoms with Crippen molar-refractivity contribution in [2.24, 2.45) is 0 Å². The number of sulfonamides is 1. The summed E-state index contributed by atoms with van der Waals surface area (Å²) < 4.78 is 45.6. The molecule has 1 aliphatic heterocycles. The summed E-state index contributed by atoms with van der Waals surface area (Å²) in [5.74, 6) is -0.278. The van der Waals surface area contributed by atoms with Crippen molar-refractivity contribution in [1.82, 2.24) is 4.72 Å². The van der Waals surface area contributed by atoms with Crippen LogP contribution in [0.15, 0.2) is 48.5 Å². The van der Waals surface area contributed by atoms with Gasteiger partial charge in [0.15, 0.2) is 0 Å². The summed E-state index contributed by atoms with van der Waals surface area (Å²) in [6.45, 7) is 4.17. The minimum Gasteiger partial charge on any atom is -0.379 e. The Balaban J connectivity index is 1.78. The zero-order valence-electron chi connectivity index (χ0n) is 14.3. The van der Waals surface area contributed by atoms with Crippen LogP contribution in [0.3, 0.4) is 0 Å². The third kappa shape index (κ3) is 4.08. The molecule has 6 heteroatoms. The highest BCUT2D eigenvalue weighted by Crippen LogP contribution is 2.29. The zero-order chi connectivity index (χ0) is 18.0. The van der Waals surface area contributed by atoms with Crippen LogP contribution in [0.4, 0.5) is 4.39 Å². The second kappa shape index (κ2) is 7.23. The minimum absolute atomic E-state index is 0.0178. The molecule has 25 heavy (non-hydrogen) atoms. The predicted octanol–water partition coefficient (Wildman–Crippen LogP) is 3.30. The summed E-state index contributed by atoms with van der Waals surface area (Å²) in [6, 6.07) is 14.0. The van der Waals surface area contributed by atoms with Gasteiger partial charge in [-0.2, -0.15) is 0 Å². The van der Waals surface area contributed by atoms with Crippen molar-refractivity contribution in [1.29, 1.82) is 0 Å². The van der Waals surface area contributed by atoms with E-state index in [0.29, 0.717) is 13.2 Å². The van der Waals surface area contributed by atoms with E-state index in [2.05, 4.69) is 4.72 Å². The molecular weight excluding hydrogens is 341 g/mol. The smallest absolute Gasteiger partial charge is 0.214 e. The van der Waals surface area contributed by atoms with Crippen molar-refractivity contribution in [3.8, 4) is 11.1 Å². The van der Waals surface area contributed by atoms with Crippen molar-refractivity contribution in [3.05, 3.63) is 59.9 Å². The van der Waals surface area contributed by atoms with Gasteiger partial charge < -0.3 is 4.74 Å². The second-order valence-electron chi connectivity index (χ2n) is 6.59. The van der Waals surface area contributed by atoms with E-state index in [9.17, 15) is 12.8 Å². The van der Waals surface area contributed by atoms with Gasteiger partial charge in [0.25, 0.3) is 0 Å². The third-order valence-electron chi connectivity index (χ3n) is 4.53. The van der Waals surface area contributed by atoms with Crippen LogP contribution in [0.1, 0.15) is 25.3 Å². The largest absolute Gasteiger partial charge is 0.379 e. The molecule has 2 aromatic rings. The van der Waals surface area contributed by atoms with Gasteiger partial charge in [-0.1, -0.05) is 36.4 Å². The maximum absolute atomic E-state index is 13.0. The van der Waals surface area contributed by atoms with E-state index in [1.165, 1.54) is 12.1 Å². The highest BCUT2D eigenvalue weighted by molar-refractivity contribution is 7.90. The lowest BCUT2D eigenvalue weighted by molar-refractivity contribution is 0.189. The van der Waals surface area contributed by atoms with Crippen LogP contribution in [-0.2, 0) is 14.8 Å². The molecule has 1 heterocycles.